The molecule has 0 heterocycles. The molecule has 5 heteroatoms. The minimum absolute atomic E-state index is 0.114. The lowest BCUT2D eigenvalue weighted by atomic mass is 10.2. The van der Waals surface area contributed by atoms with Crippen molar-refractivity contribution in [2.75, 3.05) is 27.2 Å². The van der Waals surface area contributed by atoms with Gasteiger partial charge in [-0.25, -0.2) is 0 Å². The number of carboxylic acid groups (broad SMARTS) is 1. The molecule has 0 aliphatic rings. The molecule has 0 aromatic rings. The quantitative estimate of drug-likeness (QED) is 0.491. The molecule has 0 aromatic carbocycles. The molecular formula is C11H20N2O3. The van der Waals surface area contributed by atoms with Gasteiger partial charge in [0, 0.05) is 12.1 Å². The first-order chi connectivity index (χ1) is 7.43. The third kappa shape index (κ3) is 7.99. The van der Waals surface area contributed by atoms with Crippen LogP contribution in [-0.4, -0.2) is 49.1 Å². The van der Waals surface area contributed by atoms with E-state index in [9.17, 15) is 9.59 Å². The van der Waals surface area contributed by atoms with Gasteiger partial charge in [0.15, 0.2) is 0 Å². The maximum atomic E-state index is 11.4. The van der Waals surface area contributed by atoms with Gasteiger partial charge in [-0.1, -0.05) is 6.08 Å². The van der Waals surface area contributed by atoms with Crippen LogP contribution in [0.3, 0.4) is 0 Å². The summed E-state index contributed by atoms with van der Waals surface area (Å²) in [5.41, 5.74) is 0.451. The maximum Gasteiger partial charge on any atom is 0.307 e. The monoisotopic (exact) mass is 228 g/mol. The summed E-state index contributed by atoms with van der Waals surface area (Å²) in [6.45, 7) is 3.14. The van der Waals surface area contributed by atoms with Crippen LogP contribution in [0.15, 0.2) is 11.6 Å². The Morgan fingerprint density at radius 2 is 2.00 bits per heavy atom. The van der Waals surface area contributed by atoms with Crippen molar-refractivity contribution in [3.05, 3.63) is 11.6 Å². The topological polar surface area (TPSA) is 69.6 Å². The minimum Gasteiger partial charge on any atom is -0.481 e. The molecule has 0 radical (unpaired) electrons. The molecule has 1 amide bonds. The summed E-state index contributed by atoms with van der Waals surface area (Å²) in [5, 5.41) is 11.2. The second-order valence-electron chi connectivity index (χ2n) is 3.90. The summed E-state index contributed by atoms with van der Waals surface area (Å²) < 4.78 is 0. The van der Waals surface area contributed by atoms with Gasteiger partial charge in [-0.05, 0) is 34.0 Å². The van der Waals surface area contributed by atoms with E-state index in [0.29, 0.717) is 12.1 Å². The lowest BCUT2D eigenvalue weighted by molar-refractivity contribution is -0.136. The van der Waals surface area contributed by atoms with Crippen molar-refractivity contribution in [1.29, 1.82) is 0 Å². The summed E-state index contributed by atoms with van der Waals surface area (Å²) in [4.78, 5) is 23.7. The zero-order valence-electron chi connectivity index (χ0n) is 10.1. The highest BCUT2D eigenvalue weighted by molar-refractivity contribution is 5.93. The number of nitrogens with one attached hydrogen (secondary N) is 1. The van der Waals surface area contributed by atoms with Gasteiger partial charge in [0.05, 0.1) is 6.42 Å². The van der Waals surface area contributed by atoms with Crippen LogP contribution in [0.2, 0.25) is 0 Å². The Balaban J connectivity index is 3.79. The van der Waals surface area contributed by atoms with Crippen molar-refractivity contribution in [1.82, 2.24) is 10.2 Å². The fourth-order valence-electron chi connectivity index (χ4n) is 1.07. The molecule has 0 saturated carbocycles. The molecule has 0 spiro atoms. The summed E-state index contributed by atoms with van der Waals surface area (Å²) >= 11 is 0. The van der Waals surface area contributed by atoms with E-state index in [4.69, 9.17) is 5.11 Å². The fraction of sp³-hybridized carbons (Fsp3) is 0.636. The molecular weight excluding hydrogens is 208 g/mol. The smallest absolute Gasteiger partial charge is 0.307 e. The highest BCUT2D eigenvalue weighted by Gasteiger charge is 2.03. The zero-order valence-corrected chi connectivity index (χ0v) is 10.1. The van der Waals surface area contributed by atoms with Crippen LogP contribution in [-0.2, 0) is 9.59 Å². The predicted octanol–water partition coefficient (Wildman–Crippen LogP) is 0.475. The average Bonchev–Trinajstić information content (AvgIpc) is 2.20. The third-order valence-corrected chi connectivity index (χ3v) is 2.01. The van der Waals surface area contributed by atoms with Crippen molar-refractivity contribution in [3.63, 3.8) is 0 Å². The Bertz CT molecular complexity index is 272. The fourth-order valence-corrected chi connectivity index (χ4v) is 1.07. The molecule has 0 saturated heterocycles. The molecule has 0 bridgehead atoms. The molecule has 92 valence electrons. The molecule has 0 unspecified atom stereocenters. The van der Waals surface area contributed by atoms with E-state index in [-0.39, 0.29) is 12.3 Å². The van der Waals surface area contributed by atoms with Crippen LogP contribution in [0.4, 0.5) is 0 Å². The summed E-state index contributed by atoms with van der Waals surface area (Å²) in [7, 11) is 3.94. The number of hydrogen-bond acceptors (Lipinski definition) is 3. The largest absolute Gasteiger partial charge is 0.481 e. The second-order valence-corrected chi connectivity index (χ2v) is 3.90. The molecule has 5 nitrogen and oxygen atoms in total. The van der Waals surface area contributed by atoms with E-state index in [0.717, 1.165) is 13.0 Å². The Kier molecular flexibility index (Phi) is 7.20. The Morgan fingerprint density at radius 3 is 2.50 bits per heavy atom. The molecule has 16 heavy (non-hydrogen) atoms. The van der Waals surface area contributed by atoms with Crippen LogP contribution < -0.4 is 5.32 Å². The molecule has 0 aromatic heterocycles. The van der Waals surface area contributed by atoms with E-state index in [2.05, 4.69) is 5.32 Å². The van der Waals surface area contributed by atoms with Crippen LogP contribution >= 0.6 is 0 Å². The minimum atomic E-state index is -0.931. The van der Waals surface area contributed by atoms with E-state index in [1.807, 2.05) is 19.0 Å². The predicted molar refractivity (Wildman–Crippen MR) is 62.2 cm³/mol. The van der Waals surface area contributed by atoms with Crippen LogP contribution in [0.1, 0.15) is 19.8 Å². The van der Waals surface area contributed by atoms with E-state index in [1.165, 1.54) is 6.08 Å². The van der Waals surface area contributed by atoms with Gasteiger partial charge in [-0.15, -0.1) is 0 Å². The number of rotatable bonds is 7. The molecule has 0 aliphatic heterocycles. The van der Waals surface area contributed by atoms with Gasteiger partial charge in [-0.3, -0.25) is 9.59 Å². The van der Waals surface area contributed by atoms with Gasteiger partial charge in [0.1, 0.15) is 0 Å². The first-order valence-electron chi connectivity index (χ1n) is 5.25. The number of aliphatic carboxylic acids is 1. The summed E-state index contributed by atoms with van der Waals surface area (Å²) in [6, 6.07) is 0. The highest BCUT2D eigenvalue weighted by atomic mass is 16.4. The normalized spacial score (nSPS) is 11.6. The number of carboxylic acids is 1. The van der Waals surface area contributed by atoms with Gasteiger partial charge in [0.2, 0.25) is 5.91 Å². The van der Waals surface area contributed by atoms with Crippen LogP contribution in [0, 0.1) is 0 Å². The Labute approximate surface area is 96.1 Å². The van der Waals surface area contributed by atoms with E-state index < -0.39 is 5.97 Å². The van der Waals surface area contributed by atoms with Gasteiger partial charge < -0.3 is 15.3 Å². The van der Waals surface area contributed by atoms with Crippen LogP contribution in [0.25, 0.3) is 0 Å². The standard InChI is InChI=1S/C11H20N2O3/c1-9(5-6-10(14)15)11(16)12-7-4-8-13(2)3/h5H,4,6-8H2,1-3H3,(H,12,16)(H,14,15). The number of carbonyl (C=O) groups is 2. The summed E-state index contributed by atoms with van der Waals surface area (Å²) in [6.07, 6.45) is 2.19. The number of nitrogens with zero attached hydrogens (tertiary/aromatic N) is 1. The molecule has 0 rings (SSSR count). The number of hydrogen-bond donors (Lipinski definition) is 2. The lowest BCUT2D eigenvalue weighted by Crippen LogP contribution is -2.27. The van der Waals surface area contributed by atoms with Gasteiger partial charge >= 0.3 is 5.97 Å². The number of carbonyl (C=O) groups excluding carboxylic acids is 1. The second kappa shape index (κ2) is 7.87. The lowest BCUT2D eigenvalue weighted by Gasteiger charge is -2.09. The van der Waals surface area contributed by atoms with Gasteiger partial charge in [0.25, 0.3) is 0 Å². The Morgan fingerprint density at radius 1 is 1.38 bits per heavy atom. The molecule has 0 fully saturated rings. The van der Waals surface area contributed by atoms with Crippen molar-refractivity contribution in [3.8, 4) is 0 Å². The van der Waals surface area contributed by atoms with Crippen molar-refractivity contribution >= 4 is 11.9 Å². The van der Waals surface area contributed by atoms with Gasteiger partial charge in [-0.2, -0.15) is 0 Å². The third-order valence-electron chi connectivity index (χ3n) is 2.01. The van der Waals surface area contributed by atoms with E-state index in [1.54, 1.807) is 6.92 Å². The molecule has 0 atom stereocenters. The highest BCUT2D eigenvalue weighted by Crippen LogP contribution is 1.95. The Hall–Kier alpha value is -1.36. The van der Waals surface area contributed by atoms with Crippen molar-refractivity contribution in [2.24, 2.45) is 0 Å². The first-order valence-corrected chi connectivity index (χ1v) is 5.25. The SMILES string of the molecule is CC(=CCC(=O)O)C(=O)NCCCN(C)C. The maximum absolute atomic E-state index is 11.4. The van der Waals surface area contributed by atoms with Crippen molar-refractivity contribution < 1.29 is 14.7 Å². The summed E-state index contributed by atoms with van der Waals surface area (Å²) in [5.74, 6) is -1.13. The van der Waals surface area contributed by atoms with E-state index >= 15 is 0 Å². The van der Waals surface area contributed by atoms with Crippen LogP contribution in [0.5, 0.6) is 0 Å². The zero-order chi connectivity index (χ0) is 12.6. The first kappa shape index (κ1) is 14.6. The van der Waals surface area contributed by atoms with Crippen molar-refractivity contribution in [2.45, 2.75) is 19.8 Å². The molecule has 2 N–H and O–H groups in total. The average molecular weight is 228 g/mol. The number of amides is 1. The molecule has 0 aliphatic carbocycles.